The highest BCUT2D eigenvalue weighted by Gasteiger charge is 2.04. The molecule has 0 bridgehead atoms. The Balaban J connectivity index is 0.000000131. The molecule has 94 heavy (non-hydrogen) atoms. The van der Waals surface area contributed by atoms with Crippen LogP contribution in [0.3, 0.4) is 0 Å². The van der Waals surface area contributed by atoms with Gasteiger partial charge in [-0.05, 0) is 155 Å². The lowest BCUT2D eigenvalue weighted by molar-refractivity contribution is 1.45. The average Bonchev–Trinajstić information content (AvgIpc) is 0.952. The summed E-state index contributed by atoms with van der Waals surface area (Å²) in [7, 11) is 0. The molecule has 0 N–H and O–H groups in total. The van der Waals surface area contributed by atoms with Crippen LogP contribution in [0.2, 0.25) is 0 Å². The summed E-state index contributed by atoms with van der Waals surface area (Å²) in [6.07, 6.45) is 0. The van der Waals surface area contributed by atoms with Crippen LogP contribution in [0.1, 0.15) is 44.5 Å². The molecule has 15 rings (SSSR count). The molecule has 0 atom stereocenters. The van der Waals surface area contributed by atoms with Gasteiger partial charge in [0, 0.05) is 0 Å². The zero-order chi connectivity index (χ0) is 65.7. The van der Waals surface area contributed by atoms with Crippen LogP contribution in [-0.4, -0.2) is 0 Å². The van der Waals surface area contributed by atoms with Crippen molar-refractivity contribution in [2.45, 2.75) is 55.4 Å². The Bertz CT molecular complexity index is 4590. The third-order valence-electron chi connectivity index (χ3n) is 16.2. The molecular formula is C94H86. The van der Waals surface area contributed by atoms with Crippen LogP contribution in [0.15, 0.2) is 376 Å². The van der Waals surface area contributed by atoms with Crippen molar-refractivity contribution in [1.29, 1.82) is 0 Å². The molecule has 0 heteroatoms. The van der Waals surface area contributed by atoms with Crippen LogP contribution < -0.4 is 0 Å². The third kappa shape index (κ3) is 20.9. The monoisotopic (exact) mass is 1210 g/mol. The molecule has 0 aliphatic carbocycles. The molecule has 0 nitrogen and oxygen atoms in total. The lowest BCUT2D eigenvalue weighted by atomic mass is 9.98. The normalized spacial score (nSPS) is 10.1. The molecule has 0 radical (unpaired) electrons. The summed E-state index contributed by atoms with van der Waals surface area (Å²) in [6.45, 7) is 16.9. The summed E-state index contributed by atoms with van der Waals surface area (Å²) in [5, 5.41) is 5.21. The lowest BCUT2D eigenvalue weighted by Gasteiger charge is -2.07. The van der Waals surface area contributed by atoms with Crippen LogP contribution in [0.25, 0.3) is 88.3 Å². The molecule has 0 unspecified atom stereocenters. The largest absolute Gasteiger partial charge is 0.0622 e. The first-order valence-corrected chi connectivity index (χ1v) is 32.5. The van der Waals surface area contributed by atoms with E-state index in [0.717, 1.165) is 0 Å². The van der Waals surface area contributed by atoms with Gasteiger partial charge in [0.25, 0.3) is 0 Å². The van der Waals surface area contributed by atoms with Gasteiger partial charge in [-0.15, -0.1) is 0 Å². The summed E-state index contributed by atoms with van der Waals surface area (Å²) < 4.78 is 0. The van der Waals surface area contributed by atoms with E-state index in [2.05, 4.69) is 395 Å². The first kappa shape index (κ1) is 67.2. The predicted octanol–water partition coefficient (Wildman–Crippen LogP) is 26.6. The zero-order valence-electron chi connectivity index (χ0n) is 55.8. The molecule has 0 fully saturated rings. The zero-order valence-corrected chi connectivity index (χ0v) is 55.8. The molecule has 462 valence electrons. The quantitative estimate of drug-likeness (QED) is 0.156. The van der Waals surface area contributed by atoms with E-state index in [1.54, 1.807) is 0 Å². The van der Waals surface area contributed by atoms with Gasteiger partial charge in [0.05, 0.1) is 0 Å². The van der Waals surface area contributed by atoms with E-state index in [4.69, 9.17) is 0 Å². The van der Waals surface area contributed by atoms with Crippen molar-refractivity contribution in [3.8, 4) is 66.8 Å². The highest BCUT2D eigenvalue weighted by molar-refractivity contribution is 5.96. The fourth-order valence-corrected chi connectivity index (χ4v) is 10.7. The minimum atomic E-state index is 1.28. The first-order valence-electron chi connectivity index (χ1n) is 32.5. The minimum absolute atomic E-state index is 1.28. The summed E-state index contributed by atoms with van der Waals surface area (Å²) in [4.78, 5) is 0. The van der Waals surface area contributed by atoms with E-state index in [0.29, 0.717) is 0 Å². The van der Waals surface area contributed by atoms with Crippen molar-refractivity contribution in [2.75, 3.05) is 0 Å². The Hall–Kier alpha value is -11.2. The molecule has 15 aromatic carbocycles. The fraction of sp³-hybridized carbons (Fsp3) is 0.0851. The van der Waals surface area contributed by atoms with Gasteiger partial charge in [-0.25, -0.2) is 0 Å². The average molecular weight is 1220 g/mol. The topological polar surface area (TPSA) is 0 Å². The van der Waals surface area contributed by atoms with E-state index in [-0.39, 0.29) is 0 Å². The van der Waals surface area contributed by atoms with Crippen LogP contribution in [0.4, 0.5) is 0 Å². The van der Waals surface area contributed by atoms with Crippen molar-refractivity contribution in [3.05, 3.63) is 421 Å². The first-order chi connectivity index (χ1) is 45.9. The number of benzene rings is 15. The van der Waals surface area contributed by atoms with E-state index in [1.165, 1.54) is 133 Å². The summed E-state index contributed by atoms with van der Waals surface area (Å²) in [5.41, 5.74) is 26.0. The number of hydrogen-bond donors (Lipinski definition) is 0. The van der Waals surface area contributed by atoms with E-state index in [1.807, 2.05) is 36.4 Å². The fourth-order valence-electron chi connectivity index (χ4n) is 10.7. The smallest absolute Gasteiger partial charge is 0.0105 e. The Labute approximate surface area is 560 Å². The van der Waals surface area contributed by atoms with Gasteiger partial charge < -0.3 is 0 Å². The maximum absolute atomic E-state index is 2.25. The second-order valence-corrected chi connectivity index (χ2v) is 23.9. The maximum Gasteiger partial charge on any atom is -0.0105 e. The number of fused-ring (bicyclic) bond motifs is 2. The summed E-state index contributed by atoms with van der Waals surface area (Å²) in [6, 6.07) is 132. The molecule has 0 saturated heterocycles. The number of rotatable bonds is 6. The Morgan fingerprint density at radius 1 is 0.138 bits per heavy atom. The highest BCUT2D eigenvalue weighted by Crippen LogP contribution is 2.30. The van der Waals surface area contributed by atoms with Crippen LogP contribution in [-0.2, 0) is 0 Å². The summed E-state index contributed by atoms with van der Waals surface area (Å²) >= 11 is 0. The van der Waals surface area contributed by atoms with E-state index in [9.17, 15) is 0 Å². The van der Waals surface area contributed by atoms with E-state index >= 15 is 0 Å². The van der Waals surface area contributed by atoms with Gasteiger partial charge in [-0.3, -0.25) is 0 Å². The Kier molecular flexibility index (Phi) is 25.3. The second-order valence-electron chi connectivity index (χ2n) is 23.9. The minimum Gasteiger partial charge on any atom is -0.0622 e. The van der Waals surface area contributed by atoms with Gasteiger partial charge in [0.15, 0.2) is 0 Å². The SMILES string of the molecule is Cc1ccc(-c2ccc(C)cc2)cc1.Cc1ccc(-c2ccc3ccccc3c2)cc1.Cc1ccc(-c2cccc3ccccc23)cc1.Cc1ccc(-c2ccccc2)cc1.Cc1cccc(-c2ccccc2)c1.Cc1ccccc1.Cc1ccccc1-c1ccccc1. The van der Waals surface area contributed by atoms with Crippen LogP contribution >= 0.6 is 0 Å². The van der Waals surface area contributed by atoms with Crippen LogP contribution in [0.5, 0.6) is 0 Å². The third-order valence-corrected chi connectivity index (χ3v) is 16.2. The van der Waals surface area contributed by atoms with Crippen LogP contribution in [0, 0.1) is 55.4 Å². The van der Waals surface area contributed by atoms with E-state index < -0.39 is 0 Å². The van der Waals surface area contributed by atoms with Crippen molar-refractivity contribution < 1.29 is 0 Å². The maximum atomic E-state index is 2.25. The van der Waals surface area contributed by atoms with Crippen molar-refractivity contribution in [2.24, 2.45) is 0 Å². The van der Waals surface area contributed by atoms with Gasteiger partial charge in [-0.1, -0.05) is 409 Å². The number of aryl methyl sites for hydroxylation is 8. The molecule has 0 amide bonds. The Morgan fingerprint density at radius 3 is 0.872 bits per heavy atom. The predicted molar refractivity (Wildman–Crippen MR) is 411 cm³/mol. The lowest BCUT2D eigenvalue weighted by Crippen LogP contribution is -1.81. The van der Waals surface area contributed by atoms with Gasteiger partial charge in [0.1, 0.15) is 0 Å². The van der Waals surface area contributed by atoms with Gasteiger partial charge >= 0.3 is 0 Å². The standard InChI is InChI=1S/2C17H14.C14H14.3C13H12.C7H8/c1-13-9-11-15(12-10-13)17-8-4-6-14-5-2-3-7-16(14)17;1-13-6-8-15(9-7-13)17-11-10-14-4-2-3-5-16(14)12-17;1-11-3-7-13(8-4-11)14-9-5-12(2)6-10-14;1-11-7-5-6-10-13(11)12-8-3-2-4-9-12;1-11-6-5-9-13(10-11)12-7-3-2-4-8-12;1-11-7-9-13(10-8-11)12-5-3-2-4-6-12;1-7-5-3-2-4-6-7/h2*2-12H,1H3;3-10H,1-2H3;3*2-10H,1H3;2-6H,1H3. The second kappa shape index (κ2) is 35.4. The molecule has 0 aliphatic rings. The van der Waals surface area contributed by atoms with Crippen molar-refractivity contribution in [3.63, 3.8) is 0 Å². The molecule has 0 aliphatic heterocycles. The van der Waals surface area contributed by atoms with Gasteiger partial charge in [-0.2, -0.15) is 0 Å². The molecule has 0 saturated carbocycles. The molecule has 0 heterocycles. The molecule has 0 spiro atoms. The molecular weight excluding hydrogens is 1130 g/mol. The highest BCUT2D eigenvalue weighted by atomic mass is 14.1. The van der Waals surface area contributed by atoms with Crippen molar-refractivity contribution in [1.82, 2.24) is 0 Å². The molecule has 0 aromatic heterocycles. The van der Waals surface area contributed by atoms with Crippen molar-refractivity contribution >= 4 is 21.5 Å². The molecule has 15 aromatic rings. The summed E-state index contributed by atoms with van der Waals surface area (Å²) in [5.74, 6) is 0. The van der Waals surface area contributed by atoms with Gasteiger partial charge in [0.2, 0.25) is 0 Å². The Morgan fingerprint density at radius 2 is 0.415 bits per heavy atom. The number of hydrogen-bond acceptors (Lipinski definition) is 0.